The van der Waals surface area contributed by atoms with Gasteiger partial charge in [0.1, 0.15) is 5.60 Å². The minimum absolute atomic E-state index is 0. The fourth-order valence-corrected chi connectivity index (χ4v) is 2.43. The van der Waals surface area contributed by atoms with Gasteiger partial charge in [-0.2, -0.15) is 0 Å². The number of likely N-dealkylation sites (N-methyl/N-ethyl adjacent to an activating group) is 1. The molecule has 2 rings (SSSR count). The Bertz CT molecular complexity index is 378. The largest absolute Gasteiger partial charge is 0.383 e. The molecule has 1 aliphatic rings. The van der Waals surface area contributed by atoms with Gasteiger partial charge in [0.25, 0.3) is 0 Å². The second-order valence-corrected chi connectivity index (χ2v) is 5.18. The molecule has 0 amide bonds. The molecule has 1 aromatic rings. The molecule has 17 heavy (non-hydrogen) atoms. The number of rotatable bonds is 3. The van der Waals surface area contributed by atoms with E-state index in [1.54, 1.807) is 11.3 Å². The van der Waals surface area contributed by atoms with E-state index < -0.39 is 5.60 Å². The molecule has 0 aromatic carbocycles. The lowest BCUT2D eigenvalue weighted by Crippen LogP contribution is -2.43. The Morgan fingerprint density at radius 3 is 2.94 bits per heavy atom. The zero-order valence-electron chi connectivity index (χ0n) is 10.0. The lowest BCUT2D eigenvalue weighted by atomic mass is 10.1. The summed E-state index contributed by atoms with van der Waals surface area (Å²) in [7, 11) is 2.00. The van der Waals surface area contributed by atoms with Crippen molar-refractivity contribution >= 4 is 41.3 Å². The fourth-order valence-electron chi connectivity index (χ4n) is 1.65. The summed E-state index contributed by atoms with van der Waals surface area (Å²) in [4.78, 5) is 7.36. The first-order valence-electron chi connectivity index (χ1n) is 5.35. The van der Waals surface area contributed by atoms with Crippen LogP contribution < -0.4 is 5.32 Å². The van der Waals surface area contributed by atoms with Crippen LogP contribution in [-0.2, 0) is 5.60 Å². The zero-order valence-corrected chi connectivity index (χ0v) is 13.2. The lowest BCUT2D eigenvalue weighted by molar-refractivity contribution is 0.0651. The molecular weight excluding hydrogens is 349 g/mol. The molecule has 6 heteroatoms. The maximum Gasteiger partial charge on any atom is 0.193 e. The molecule has 0 saturated carbocycles. The molecule has 4 nitrogen and oxygen atoms in total. The Morgan fingerprint density at radius 2 is 2.41 bits per heavy atom. The molecule has 1 aromatic heterocycles. The summed E-state index contributed by atoms with van der Waals surface area (Å²) in [5.74, 6) is 0.872. The second-order valence-electron chi connectivity index (χ2n) is 4.23. The molecule has 0 radical (unpaired) electrons. The lowest BCUT2D eigenvalue weighted by Gasteiger charge is -2.24. The van der Waals surface area contributed by atoms with Crippen molar-refractivity contribution in [1.82, 2.24) is 10.2 Å². The van der Waals surface area contributed by atoms with Crippen LogP contribution in [0.4, 0.5) is 0 Å². The summed E-state index contributed by atoms with van der Waals surface area (Å²) in [5.41, 5.74) is -0.833. The Hall–Kier alpha value is -0.340. The molecule has 1 unspecified atom stereocenters. The van der Waals surface area contributed by atoms with Gasteiger partial charge in [0.15, 0.2) is 5.96 Å². The third kappa shape index (κ3) is 3.56. The van der Waals surface area contributed by atoms with Gasteiger partial charge in [-0.15, -0.1) is 35.3 Å². The van der Waals surface area contributed by atoms with Crippen LogP contribution in [0, 0.1) is 0 Å². The third-order valence-electron chi connectivity index (χ3n) is 2.70. The van der Waals surface area contributed by atoms with Crippen molar-refractivity contribution in [2.75, 3.05) is 26.7 Å². The van der Waals surface area contributed by atoms with Crippen molar-refractivity contribution in [3.05, 3.63) is 22.4 Å². The SMILES string of the molecule is CN1CCN=C1NCC(C)(O)c1cccs1.I. The summed E-state index contributed by atoms with van der Waals surface area (Å²) >= 11 is 1.57. The van der Waals surface area contributed by atoms with Crippen LogP contribution in [-0.4, -0.2) is 42.6 Å². The average molecular weight is 367 g/mol. The second kappa shape index (κ2) is 6.01. The minimum atomic E-state index is -0.833. The summed E-state index contributed by atoms with van der Waals surface area (Å²) < 4.78 is 0. The van der Waals surface area contributed by atoms with Crippen molar-refractivity contribution in [2.24, 2.45) is 4.99 Å². The Balaban J connectivity index is 0.00000144. The summed E-state index contributed by atoms with van der Waals surface area (Å²) in [5, 5.41) is 15.5. The number of halogens is 1. The molecule has 1 atom stereocenters. The maximum absolute atomic E-state index is 10.3. The zero-order chi connectivity index (χ0) is 11.6. The van der Waals surface area contributed by atoms with Crippen molar-refractivity contribution in [1.29, 1.82) is 0 Å². The van der Waals surface area contributed by atoms with Crippen LogP contribution in [0.2, 0.25) is 0 Å². The van der Waals surface area contributed by atoms with Crippen molar-refractivity contribution in [3.63, 3.8) is 0 Å². The normalized spacial score (nSPS) is 18.3. The van der Waals surface area contributed by atoms with Gasteiger partial charge in [0, 0.05) is 18.5 Å². The van der Waals surface area contributed by atoms with E-state index in [2.05, 4.69) is 15.2 Å². The van der Waals surface area contributed by atoms with Crippen LogP contribution in [0.15, 0.2) is 22.5 Å². The molecule has 0 saturated heterocycles. The van der Waals surface area contributed by atoms with Gasteiger partial charge in [0.2, 0.25) is 0 Å². The first-order valence-corrected chi connectivity index (χ1v) is 6.23. The predicted octanol–water partition coefficient (Wildman–Crippen LogP) is 1.46. The van der Waals surface area contributed by atoms with Gasteiger partial charge in [-0.1, -0.05) is 6.07 Å². The van der Waals surface area contributed by atoms with E-state index in [-0.39, 0.29) is 24.0 Å². The van der Waals surface area contributed by atoms with Gasteiger partial charge in [-0.05, 0) is 18.4 Å². The topological polar surface area (TPSA) is 47.9 Å². The quantitative estimate of drug-likeness (QED) is 0.796. The third-order valence-corrected chi connectivity index (χ3v) is 3.82. The Morgan fingerprint density at radius 1 is 1.65 bits per heavy atom. The fraction of sp³-hybridized carbons (Fsp3) is 0.545. The Kier molecular flexibility index (Phi) is 5.21. The van der Waals surface area contributed by atoms with Crippen LogP contribution in [0.25, 0.3) is 0 Å². The minimum Gasteiger partial charge on any atom is -0.383 e. The first kappa shape index (κ1) is 14.7. The van der Waals surface area contributed by atoms with Crippen LogP contribution in [0.3, 0.4) is 0 Å². The highest BCUT2D eigenvalue weighted by Gasteiger charge is 2.25. The molecule has 1 aliphatic heterocycles. The highest BCUT2D eigenvalue weighted by molar-refractivity contribution is 14.0. The van der Waals surface area contributed by atoms with E-state index in [1.165, 1.54) is 0 Å². The number of hydrogen-bond acceptors (Lipinski definition) is 5. The molecule has 2 N–H and O–H groups in total. The number of aliphatic imine (C=N–C) groups is 1. The van der Waals surface area contributed by atoms with Crippen molar-refractivity contribution in [3.8, 4) is 0 Å². The molecule has 0 spiro atoms. The van der Waals surface area contributed by atoms with E-state index in [0.717, 1.165) is 23.9 Å². The molecule has 2 heterocycles. The summed E-state index contributed by atoms with van der Waals surface area (Å²) in [6, 6.07) is 3.90. The van der Waals surface area contributed by atoms with Crippen molar-refractivity contribution in [2.45, 2.75) is 12.5 Å². The first-order chi connectivity index (χ1) is 7.59. The van der Waals surface area contributed by atoms with Gasteiger partial charge >= 0.3 is 0 Å². The van der Waals surface area contributed by atoms with Crippen LogP contribution in [0.1, 0.15) is 11.8 Å². The van der Waals surface area contributed by atoms with E-state index >= 15 is 0 Å². The van der Waals surface area contributed by atoms with E-state index in [0.29, 0.717) is 6.54 Å². The van der Waals surface area contributed by atoms with Gasteiger partial charge in [0.05, 0.1) is 13.1 Å². The van der Waals surface area contributed by atoms with Crippen LogP contribution in [0.5, 0.6) is 0 Å². The molecular formula is C11H18IN3OS. The standard InChI is InChI=1S/C11H17N3OS.HI/c1-11(15,9-4-3-7-16-9)8-13-10-12-5-6-14(10)2;/h3-4,7,15H,5-6,8H2,1-2H3,(H,12,13);1H. The monoisotopic (exact) mass is 367 g/mol. The Labute approximate surface area is 123 Å². The van der Waals surface area contributed by atoms with Gasteiger partial charge in [-0.25, -0.2) is 0 Å². The number of nitrogens with one attached hydrogen (secondary N) is 1. The number of guanidine groups is 1. The highest BCUT2D eigenvalue weighted by Crippen LogP contribution is 2.24. The molecule has 0 aliphatic carbocycles. The predicted molar refractivity (Wildman–Crippen MR) is 82.2 cm³/mol. The van der Waals surface area contributed by atoms with Crippen molar-refractivity contribution < 1.29 is 5.11 Å². The average Bonchev–Trinajstić information content (AvgIpc) is 2.85. The number of nitrogens with zero attached hydrogens (tertiary/aromatic N) is 2. The molecule has 96 valence electrons. The molecule has 0 bridgehead atoms. The van der Waals surface area contributed by atoms with E-state index in [9.17, 15) is 5.11 Å². The maximum atomic E-state index is 10.3. The highest BCUT2D eigenvalue weighted by atomic mass is 127. The number of hydrogen-bond donors (Lipinski definition) is 2. The van der Waals surface area contributed by atoms with Crippen LogP contribution >= 0.6 is 35.3 Å². The summed E-state index contributed by atoms with van der Waals surface area (Å²) in [6.07, 6.45) is 0. The summed E-state index contributed by atoms with van der Waals surface area (Å²) in [6.45, 7) is 4.08. The van der Waals surface area contributed by atoms with E-state index in [1.807, 2.05) is 31.5 Å². The number of aliphatic hydroxyl groups is 1. The number of thiophene rings is 1. The van der Waals surface area contributed by atoms with Gasteiger partial charge in [-0.3, -0.25) is 4.99 Å². The smallest absolute Gasteiger partial charge is 0.193 e. The van der Waals surface area contributed by atoms with Gasteiger partial charge < -0.3 is 15.3 Å². The molecule has 0 fully saturated rings. The van der Waals surface area contributed by atoms with E-state index in [4.69, 9.17) is 0 Å².